The highest BCUT2D eigenvalue weighted by Gasteiger charge is 2.22. The number of sulfonamides is 1. The van der Waals surface area contributed by atoms with Gasteiger partial charge in [-0.05, 0) is 43.2 Å². The Hall–Kier alpha value is -0.630. The number of hydrogen-bond donors (Lipinski definition) is 2. The van der Waals surface area contributed by atoms with Crippen molar-refractivity contribution in [2.75, 3.05) is 12.3 Å². The first-order valence-corrected chi connectivity index (χ1v) is 9.57. The highest BCUT2D eigenvalue weighted by molar-refractivity contribution is 8.00. The molecule has 2 rings (SSSR count). The molecule has 21 heavy (non-hydrogen) atoms. The predicted octanol–water partition coefficient (Wildman–Crippen LogP) is 2.16. The fourth-order valence-electron chi connectivity index (χ4n) is 2.35. The van der Waals surface area contributed by atoms with E-state index in [-0.39, 0.29) is 17.0 Å². The van der Waals surface area contributed by atoms with Gasteiger partial charge in [-0.3, -0.25) is 0 Å². The second-order valence-corrected chi connectivity index (χ2v) is 8.39. The predicted molar refractivity (Wildman–Crippen MR) is 84.3 cm³/mol. The lowest BCUT2D eigenvalue weighted by Crippen LogP contribution is -2.32. The van der Waals surface area contributed by atoms with Crippen molar-refractivity contribution in [3.05, 3.63) is 29.1 Å². The van der Waals surface area contributed by atoms with Crippen LogP contribution in [0.1, 0.15) is 30.4 Å². The van der Waals surface area contributed by atoms with E-state index < -0.39 is 15.8 Å². The smallest absolute Gasteiger partial charge is 0.240 e. The summed E-state index contributed by atoms with van der Waals surface area (Å²) in [7, 11) is -3.70. The third kappa shape index (κ3) is 4.18. The fraction of sp³-hybridized carbons (Fsp3) is 0.571. The second kappa shape index (κ2) is 7.09. The molecule has 0 radical (unpaired) electrons. The van der Waals surface area contributed by atoms with Gasteiger partial charge in [-0.15, -0.1) is 0 Å². The molecule has 1 aromatic rings. The van der Waals surface area contributed by atoms with E-state index in [1.807, 2.05) is 0 Å². The molecule has 7 heteroatoms. The topological polar surface area (TPSA) is 72.2 Å². The van der Waals surface area contributed by atoms with Crippen LogP contribution >= 0.6 is 11.8 Å². The highest BCUT2D eigenvalue weighted by Crippen LogP contribution is 2.25. The van der Waals surface area contributed by atoms with E-state index in [0.717, 1.165) is 18.6 Å². The summed E-state index contributed by atoms with van der Waals surface area (Å²) in [6, 6.07) is 2.74. The van der Waals surface area contributed by atoms with Crippen LogP contribution in [0.25, 0.3) is 0 Å². The zero-order valence-electron chi connectivity index (χ0n) is 12.1. The van der Waals surface area contributed by atoms with E-state index in [0.29, 0.717) is 17.4 Å². The molecule has 1 heterocycles. The quantitative estimate of drug-likeness (QED) is 0.867. The van der Waals surface area contributed by atoms with E-state index in [4.69, 9.17) is 5.73 Å². The number of hydrogen-bond acceptors (Lipinski definition) is 4. The van der Waals surface area contributed by atoms with Crippen molar-refractivity contribution < 1.29 is 12.8 Å². The average Bonchev–Trinajstić information content (AvgIpc) is 2.48. The molecule has 118 valence electrons. The average molecular weight is 332 g/mol. The van der Waals surface area contributed by atoms with Crippen LogP contribution < -0.4 is 10.5 Å². The van der Waals surface area contributed by atoms with Crippen molar-refractivity contribution in [2.24, 2.45) is 5.73 Å². The Morgan fingerprint density at radius 3 is 2.81 bits per heavy atom. The number of nitrogens with two attached hydrogens (primary N) is 1. The van der Waals surface area contributed by atoms with Crippen LogP contribution in [0, 0.1) is 12.7 Å². The van der Waals surface area contributed by atoms with Crippen LogP contribution in [0.4, 0.5) is 4.39 Å². The second-order valence-electron chi connectivity index (χ2n) is 5.25. The maximum absolute atomic E-state index is 13.8. The van der Waals surface area contributed by atoms with Gasteiger partial charge in [0.2, 0.25) is 10.0 Å². The van der Waals surface area contributed by atoms with Gasteiger partial charge in [0.1, 0.15) is 5.82 Å². The van der Waals surface area contributed by atoms with Gasteiger partial charge in [0.25, 0.3) is 0 Å². The van der Waals surface area contributed by atoms with Gasteiger partial charge >= 0.3 is 0 Å². The summed E-state index contributed by atoms with van der Waals surface area (Å²) < 4.78 is 41.2. The summed E-state index contributed by atoms with van der Waals surface area (Å²) in [5, 5.41) is 0.302. The lowest BCUT2D eigenvalue weighted by atomic mass is 10.1. The zero-order valence-corrected chi connectivity index (χ0v) is 13.7. The van der Waals surface area contributed by atoms with Gasteiger partial charge in [-0.25, -0.2) is 17.5 Å². The van der Waals surface area contributed by atoms with Crippen molar-refractivity contribution in [1.82, 2.24) is 4.72 Å². The van der Waals surface area contributed by atoms with Crippen molar-refractivity contribution >= 4 is 21.8 Å². The van der Waals surface area contributed by atoms with Gasteiger partial charge in [0, 0.05) is 23.9 Å². The van der Waals surface area contributed by atoms with Gasteiger partial charge in [0.05, 0.1) is 4.90 Å². The normalized spacial score (nSPS) is 19.7. The number of nitrogens with one attached hydrogen (secondary N) is 1. The van der Waals surface area contributed by atoms with E-state index in [2.05, 4.69) is 4.72 Å². The van der Waals surface area contributed by atoms with Crippen molar-refractivity contribution in [3.8, 4) is 0 Å². The van der Waals surface area contributed by atoms with Crippen LogP contribution in [0.2, 0.25) is 0 Å². The molecule has 0 amide bonds. The summed E-state index contributed by atoms with van der Waals surface area (Å²) in [6.45, 7) is 1.97. The number of thioether (sulfide) groups is 1. The first-order valence-electron chi connectivity index (χ1n) is 7.04. The summed E-state index contributed by atoms with van der Waals surface area (Å²) in [5.41, 5.74) is 6.10. The van der Waals surface area contributed by atoms with Gasteiger partial charge in [-0.2, -0.15) is 11.8 Å². The largest absolute Gasteiger partial charge is 0.326 e. The van der Waals surface area contributed by atoms with E-state index in [9.17, 15) is 12.8 Å². The van der Waals surface area contributed by atoms with Crippen molar-refractivity contribution in [3.63, 3.8) is 0 Å². The monoisotopic (exact) mass is 332 g/mol. The molecule has 0 spiro atoms. The maximum atomic E-state index is 13.8. The molecule has 1 unspecified atom stereocenters. The van der Waals surface area contributed by atoms with E-state index in [1.165, 1.54) is 25.5 Å². The molecule has 1 aromatic carbocycles. The molecule has 0 aliphatic carbocycles. The minimum Gasteiger partial charge on any atom is -0.326 e. The first-order chi connectivity index (χ1) is 9.94. The molecule has 3 N–H and O–H groups in total. The Labute approximate surface area is 129 Å². The Bertz CT molecular complexity index is 599. The molecule has 1 saturated heterocycles. The van der Waals surface area contributed by atoms with Crippen LogP contribution in [0.5, 0.6) is 0 Å². The molecule has 1 aliphatic rings. The van der Waals surface area contributed by atoms with Crippen LogP contribution in [0.15, 0.2) is 17.0 Å². The summed E-state index contributed by atoms with van der Waals surface area (Å²) in [6.07, 6.45) is 3.34. The Morgan fingerprint density at radius 2 is 2.19 bits per heavy atom. The van der Waals surface area contributed by atoms with Crippen LogP contribution in [0.3, 0.4) is 0 Å². The lowest BCUT2D eigenvalue weighted by Gasteiger charge is -2.21. The maximum Gasteiger partial charge on any atom is 0.240 e. The third-order valence-electron chi connectivity index (χ3n) is 3.66. The third-order valence-corrected chi connectivity index (χ3v) is 6.60. The zero-order chi connectivity index (χ0) is 15.5. The molecule has 1 fully saturated rings. The molecular formula is C14H21FN2O2S2. The van der Waals surface area contributed by atoms with E-state index >= 15 is 0 Å². The standard InChI is InChI=1S/C14H21FN2O2S2/c1-10-13(15)6-11(8-16)7-14(10)21(18,19)17-9-12-4-2-3-5-20-12/h6-7,12,17H,2-5,8-9,16H2,1H3. The van der Waals surface area contributed by atoms with Gasteiger partial charge in [0.15, 0.2) is 0 Å². The van der Waals surface area contributed by atoms with Gasteiger partial charge < -0.3 is 5.73 Å². The summed E-state index contributed by atoms with van der Waals surface area (Å²) in [4.78, 5) is -0.0104. The number of benzene rings is 1. The molecule has 0 bridgehead atoms. The van der Waals surface area contributed by atoms with E-state index in [1.54, 1.807) is 11.8 Å². The SMILES string of the molecule is Cc1c(F)cc(CN)cc1S(=O)(=O)NCC1CCCCS1. The molecule has 1 aliphatic heterocycles. The minimum absolute atomic E-state index is 0.0104. The minimum atomic E-state index is -3.70. The molecule has 0 aromatic heterocycles. The molecule has 1 atom stereocenters. The fourth-order valence-corrected chi connectivity index (χ4v) is 5.08. The summed E-state index contributed by atoms with van der Waals surface area (Å²) in [5.74, 6) is 0.535. The lowest BCUT2D eigenvalue weighted by molar-refractivity contribution is 0.567. The Morgan fingerprint density at radius 1 is 1.43 bits per heavy atom. The molecule has 0 saturated carbocycles. The van der Waals surface area contributed by atoms with Crippen LogP contribution in [-0.2, 0) is 16.6 Å². The van der Waals surface area contributed by atoms with Gasteiger partial charge in [-0.1, -0.05) is 6.42 Å². The number of rotatable bonds is 5. The van der Waals surface area contributed by atoms with Crippen molar-refractivity contribution in [1.29, 1.82) is 0 Å². The summed E-state index contributed by atoms with van der Waals surface area (Å²) >= 11 is 1.79. The van der Waals surface area contributed by atoms with Crippen molar-refractivity contribution in [2.45, 2.75) is 42.9 Å². The molecular weight excluding hydrogens is 311 g/mol. The number of halogens is 1. The van der Waals surface area contributed by atoms with Crippen LogP contribution in [-0.4, -0.2) is 26.0 Å². The highest BCUT2D eigenvalue weighted by atomic mass is 32.2. The molecule has 4 nitrogen and oxygen atoms in total. The Kier molecular flexibility index (Phi) is 5.65. The Balaban J connectivity index is 2.16. The first kappa shape index (κ1) is 16.7.